The first-order valence-corrected chi connectivity index (χ1v) is 15.5. The lowest BCUT2D eigenvalue weighted by atomic mass is 10.1. The lowest BCUT2D eigenvalue weighted by Gasteiger charge is -2.38. The van der Waals surface area contributed by atoms with E-state index in [9.17, 15) is 18.0 Å². The number of sulfonamides is 1. The van der Waals surface area contributed by atoms with Gasteiger partial charge in [0.05, 0.1) is 15.5 Å². The van der Waals surface area contributed by atoms with E-state index in [4.69, 9.17) is 16.3 Å². The van der Waals surface area contributed by atoms with Crippen LogP contribution in [0.4, 0.5) is 11.6 Å². The predicted octanol–water partition coefficient (Wildman–Crippen LogP) is 3.98. The van der Waals surface area contributed by atoms with Crippen LogP contribution in [0.25, 0.3) is 0 Å². The van der Waals surface area contributed by atoms with Gasteiger partial charge in [-0.15, -0.1) is 0 Å². The second-order valence-corrected chi connectivity index (χ2v) is 12.9. The van der Waals surface area contributed by atoms with Gasteiger partial charge in [0.2, 0.25) is 16.0 Å². The van der Waals surface area contributed by atoms with Gasteiger partial charge in [0.15, 0.2) is 0 Å². The molecule has 0 radical (unpaired) electrons. The Morgan fingerprint density at radius 3 is 2.45 bits per heavy atom. The molecular formula is C29H35ClN6O5S. The molecule has 3 aromatic rings. The first-order chi connectivity index (χ1) is 19.9. The number of aromatic nitrogens is 2. The number of nitrogens with zero attached hydrogens (tertiary/aromatic N) is 3. The average Bonchev–Trinajstić information content (AvgIpc) is 2.95. The first kappa shape index (κ1) is 31.2. The maximum absolute atomic E-state index is 13.1. The van der Waals surface area contributed by atoms with Gasteiger partial charge < -0.3 is 20.3 Å². The van der Waals surface area contributed by atoms with Crippen molar-refractivity contribution in [2.45, 2.75) is 62.7 Å². The van der Waals surface area contributed by atoms with Crippen molar-refractivity contribution >= 4 is 45.1 Å². The molecular weight excluding hydrogens is 580 g/mol. The molecule has 0 spiro atoms. The Morgan fingerprint density at radius 2 is 1.79 bits per heavy atom. The van der Waals surface area contributed by atoms with Crippen LogP contribution < -0.4 is 20.3 Å². The normalized spacial score (nSPS) is 16.4. The fraction of sp³-hybridized carbons (Fsp3) is 0.379. The second-order valence-electron chi connectivity index (χ2n) is 10.8. The Labute approximate surface area is 251 Å². The number of anilines is 2. The van der Waals surface area contributed by atoms with E-state index in [2.05, 4.69) is 30.2 Å². The minimum atomic E-state index is -4.08. The molecule has 3 N–H and O–H groups in total. The van der Waals surface area contributed by atoms with E-state index in [1.165, 1.54) is 12.1 Å². The van der Waals surface area contributed by atoms with E-state index in [0.717, 1.165) is 31.5 Å². The van der Waals surface area contributed by atoms with Crippen molar-refractivity contribution in [2.24, 2.45) is 0 Å². The Morgan fingerprint density at radius 1 is 1.07 bits per heavy atom. The monoisotopic (exact) mass is 614 g/mol. The fourth-order valence-electron chi connectivity index (χ4n) is 4.47. The van der Waals surface area contributed by atoms with Crippen LogP contribution in [0, 0.1) is 0 Å². The summed E-state index contributed by atoms with van der Waals surface area (Å²) < 4.78 is 33.7. The number of esters is 1. The Kier molecular flexibility index (Phi) is 10.0. The van der Waals surface area contributed by atoms with Crippen molar-refractivity contribution in [1.29, 1.82) is 0 Å². The van der Waals surface area contributed by atoms with Crippen LogP contribution in [-0.4, -0.2) is 61.2 Å². The molecule has 1 aliphatic rings. The van der Waals surface area contributed by atoms with Gasteiger partial charge in [-0.1, -0.05) is 29.8 Å². The van der Waals surface area contributed by atoms with Crippen LogP contribution >= 0.6 is 11.6 Å². The molecule has 0 saturated carbocycles. The number of hydrogen-bond acceptors (Lipinski definition) is 9. The zero-order chi connectivity index (χ0) is 30.3. The standard InChI is InChI=1S/C29H35ClN6O5S/c1-29(2,3)41-27(38)24(35-42(39,40)21-10-5-4-6-11-21)19-33-26(37)22-14-13-20(18-23(22)30)36-17-8-7-12-25(36)34-28-31-15-9-16-32-28/h4-6,9-11,13-16,18,24-25,35H,7-8,12,17,19H2,1-3H3,(H,33,37)(H,31,32,34)/t24-,25-/m0/s1. The summed E-state index contributed by atoms with van der Waals surface area (Å²) in [5, 5.41) is 6.20. The highest BCUT2D eigenvalue weighted by atomic mass is 35.5. The van der Waals surface area contributed by atoms with E-state index >= 15 is 0 Å². The zero-order valence-electron chi connectivity index (χ0n) is 23.7. The molecule has 2 aromatic carbocycles. The van der Waals surface area contributed by atoms with E-state index < -0.39 is 33.5 Å². The molecule has 224 valence electrons. The third-order valence-electron chi connectivity index (χ3n) is 6.40. The van der Waals surface area contributed by atoms with Crippen LogP contribution in [0.1, 0.15) is 50.4 Å². The highest BCUT2D eigenvalue weighted by Crippen LogP contribution is 2.29. The van der Waals surface area contributed by atoms with E-state index in [1.54, 1.807) is 75.6 Å². The molecule has 1 fully saturated rings. The molecule has 42 heavy (non-hydrogen) atoms. The van der Waals surface area contributed by atoms with Gasteiger partial charge in [0.25, 0.3) is 5.91 Å². The summed E-state index contributed by atoms with van der Waals surface area (Å²) in [6.07, 6.45) is 6.22. The number of carbonyl (C=O) groups is 2. The predicted molar refractivity (Wildman–Crippen MR) is 161 cm³/mol. The van der Waals surface area contributed by atoms with Gasteiger partial charge >= 0.3 is 5.97 Å². The molecule has 0 aliphatic carbocycles. The number of carbonyl (C=O) groups excluding carboxylic acids is 2. The third-order valence-corrected chi connectivity index (χ3v) is 8.20. The average molecular weight is 615 g/mol. The molecule has 11 nitrogen and oxygen atoms in total. The summed E-state index contributed by atoms with van der Waals surface area (Å²) in [4.78, 5) is 36.7. The van der Waals surface area contributed by atoms with Crippen molar-refractivity contribution in [3.05, 3.63) is 77.6 Å². The van der Waals surface area contributed by atoms with Crippen LogP contribution in [-0.2, 0) is 19.6 Å². The highest BCUT2D eigenvalue weighted by molar-refractivity contribution is 7.89. The smallest absolute Gasteiger partial charge is 0.326 e. The van der Waals surface area contributed by atoms with Crippen molar-refractivity contribution in [1.82, 2.24) is 20.0 Å². The lowest BCUT2D eigenvalue weighted by Crippen LogP contribution is -2.50. The molecule has 1 amide bonds. The number of hydrogen-bond donors (Lipinski definition) is 3. The molecule has 1 saturated heterocycles. The summed E-state index contributed by atoms with van der Waals surface area (Å²) >= 11 is 6.57. The van der Waals surface area contributed by atoms with E-state index in [1.807, 2.05) is 0 Å². The van der Waals surface area contributed by atoms with Crippen molar-refractivity contribution in [3.63, 3.8) is 0 Å². The number of ether oxygens (including phenoxy) is 1. The van der Waals surface area contributed by atoms with Gasteiger partial charge in [0.1, 0.15) is 17.8 Å². The Hall–Kier alpha value is -3.74. The first-order valence-electron chi connectivity index (χ1n) is 13.6. The minimum absolute atomic E-state index is 0.0205. The Bertz CT molecular complexity index is 1490. The molecule has 1 aromatic heterocycles. The second kappa shape index (κ2) is 13.5. The quantitative estimate of drug-likeness (QED) is 0.289. The summed E-state index contributed by atoms with van der Waals surface area (Å²) in [5.41, 5.74) is 0.138. The summed E-state index contributed by atoms with van der Waals surface area (Å²) in [6, 6.07) is 13.1. The molecule has 2 heterocycles. The molecule has 2 atom stereocenters. The summed E-state index contributed by atoms with van der Waals surface area (Å²) in [5.74, 6) is -0.862. The van der Waals surface area contributed by atoms with Gasteiger partial charge in [-0.2, -0.15) is 4.72 Å². The fourth-order valence-corrected chi connectivity index (χ4v) is 5.94. The highest BCUT2D eigenvalue weighted by Gasteiger charge is 2.31. The molecule has 4 rings (SSSR count). The number of benzene rings is 2. The number of halogens is 1. The van der Waals surface area contributed by atoms with E-state index in [0.29, 0.717) is 5.95 Å². The number of piperidine rings is 1. The molecule has 1 aliphatic heterocycles. The SMILES string of the molecule is CC(C)(C)OC(=O)[C@H](CNC(=O)c1ccc(N2CCCC[C@H]2Nc2ncccn2)cc1Cl)NS(=O)(=O)c1ccccc1. The molecule has 0 bridgehead atoms. The topological polar surface area (TPSA) is 143 Å². The maximum Gasteiger partial charge on any atom is 0.326 e. The zero-order valence-corrected chi connectivity index (χ0v) is 25.3. The summed E-state index contributed by atoms with van der Waals surface area (Å²) in [7, 11) is -4.08. The number of rotatable bonds is 10. The molecule has 13 heteroatoms. The number of amides is 1. The van der Waals surface area contributed by atoms with Crippen LogP contribution in [0.15, 0.2) is 71.9 Å². The Balaban J connectivity index is 1.47. The lowest BCUT2D eigenvalue weighted by molar-refractivity contribution is -0.156. The van der Waals surface area contributed by atoms with Gasteiger partial charge in [-0.3, -0.25) is 9.59 Å². The maximum atomic E-state index is 13.1. The van der Waals surface area contributed by atoms with Gasteiger partial charge in [0, 0.05) is 31.2 Å². The van der Waals surface area contributed by atoms with Crippen LogP contribution in [0.5, 0.6) is 0 Å². The van der Waals surface area contributed by atoms with Crippen molar-refractivity contribution in [3.8, 4) is 0 Å². The van der Waals surface area contributed by atoms with Crippen molar-refractivity contribution < 1.29 is 22.7 Å². The summed E-state index contributed by atoms with van der Waals surface area (Å²) in [6.45, 7) is 5.44. The van der Waals surface area contributed by atoms with E-state index in [-0.39, 0.29) is 28.2 Å². The van der Waals surface area contributed by atoms with Gasteiger partial charge in [-0.05, 0) is 76.4 Å². The van der Waals surface area contributed by atoms with Crippen LogP contribution in [0.3, 0.4) is 0 Å². The van der Waals surface area contributed by atoms with Crippen LogP contribution in [0.2, 0.25) is 5.02 Å². The third kappa shape index (κ3) is 8.40. The molecule has 0 unspecified atom stereocenters. The van der Waals surface area contributed by atoms with Gasteiger partial charge in [-0.25, -0.2) is 18.4 Å². The van der Waals surface area contributed by atoms with Crippen molar-refractivity contribution in [2.75, 3.05) is 23.3 Å². The minimum Gasteiger partial charge on any atom is -0.459 e. The number of nitrogens with one attached hydrogen (secondary N) is 3. The largest absolute Gasteiger partial charge is 0.459 e.